The Hall–Kier alpha value is -0.990. The minimum atomic E-state index is 0.163. The van der Waals surface area contributed by atoms with Gasteiger partial charge in [0.15, 0.2) is 0 Å². The average Bonchev–Trinajstić information content (AvgIpc) is 2.51. The number of hydrogen-bond acceptors (Lipinski definition) is 2. The number of para-hydroxylation sites is 1. The molecule has 0 amide bonds. The Balaban J connectivity index is 2.31. The highest BCUT2D eigenvalue weighted by Crippen LogP contribution is 2.31. The zero-order valence-corrected chi connectivity index (χ0v) is 11.0. The van der Waals surface area contributed by atoms with Crippen molar-refractivity contribution in [3.63, 3.8) is 0 Å². The lowest BCUT2D eigenvalue weighted by atomic mass is 10.0. The van der Waals surface area contributed by atoms with E-state index in [0.717, 1.165) is 25.9 Å². The number of benzene rings is 1. The molecule has 17 heavy (non-hydrogen) atoms. The Morgan fingerprint density at radius 3 is 3.06 bits per heavy atom. The summed E-state index contributed by atoms with van der Waals surface area (Å²) in [5.74, 6) is 0. The Bertz CT molecular complexity index is 414. The fourth-order valence-electron chi connectivity index (χ4n) is 2.37. The summed E-state index contributed by atoms with van der Waals surface area (Å²) in [7, 11) is 0. The molecule has 1 aliphatic heterocycles. The van der Waals surface area contributed by atoms with E-state index in [9.17, 15) is 0 Å². The highest BCUT2D eigenvalue weighted by atomic mass is 35.5. The second kappa shape index (κ2) is 5.56. The molecule has 0 fully saturated rings. The fraction of sp³-hybridized carbons (Fsp3) is 0.429. The molecule has 0 aromatic heterocycles. The van der Waals surface area contributed by atoms with Crippen LogP contribution in [0.1, 0.15) is 31.4 Å². The topological polar surface area (TPSA) is 29.3 Å². The molecule has 0 radical (unpaired) electrons. The summed E-state index contributed by atoms with van der Waals surface area (Å²) in [6.07, 6.45) is 2.18. The normalized spacial score (nSPS) is 21.0. The lowest BCUT2D eigenvalue weighted by molar-refractivity contribution is 0.630. The second-order valence-electron chi connectivity index (χ2n) is 4.68. The molecule has 0 bridgehead atoms. The van der Waals surface area contributed by atoms with Gasteiger partial charge in [-0.2, -0.15) is 0 Å². The predicted octanol–water partition coefficient (Wildman–Crippen LogP) is 3.43. The van der Waals surface area contributed by atoms with Crippen molar-refractivity contribution in [1.29, 1.82) is 0 Å². The maximum Gasteiger partial charge on any atom is 0.0417 e. The number of halogens is 1. The van der Waals surface area contributed by atoms with E-state index in [1.807, 2.05) is 0 Å². The number of anilines is 1. The average molecular weight is 251 g/mol. The molecule has 2 rings (SSSR count). The lowest BCUT2D eigenvalue weighted by Gasteiger charge is -2.25. The van der Waals surface area contributed by atoms with Crippen LogP contribution in [0.2, 0.25) is 0 Å². The quantitative estimate of drug-likeness (QED) is 0.872. The van der Waals surface area contributed by atoms with Crippen molar-refractivity contribution in [1.82, 2.24) is 0 Å². The fourth-order valence-corrected chi connectivity index (χ4v) is 2.44. The number of rotatable bonds is 2. The van der Waals surface area contributed by atoms with Gasteiger partial charge in [0.1, 0.15) is 0 Å². The molecule has 1 heterocycles. The monoisotopic (exact) mass is 250 g/mol. The summed E-state index contributed by atoms with van der Waals surface area (Å²) in [6.45, 7) is 3.99. The van der Waals surface area contributed by atoms with E-state index >= 15 is 0 Å². The third-order valence-corrected chi connectivity index (χ3v) is 3.62. The maximum atomic E-state index is 6.20. The van der Waals surface area contributed by atoms with Crippen molar-refractivity contribution >= 4 is 17.3 Å². The van der Waals surface area contributed by atoms with Gasteiger partial charge in [-0.1, -0.05) is 29.8 Å². The molecular formula is C14H19ClN2. The smallest absolute Gasteiger partial charge is 0.0417 e. The first-order valence-corrected chi connectivity index (χ1v) is 6.51. The molecule has 0 saturated heterocycles. The standard InChI is InChI=1S/C14H19ClN2/c1-11(9-15)10-17-8-4-6-13(16)12-5-2-3-7-14(12)17/h2-3,5,7,9,13H,4,6,8,10,16H2,1H3/b11-9-. The zero-order chi connectivity index (χ0) is 12.3. The number of nitrogens with zero attached hydrogens (tertiary/aromatic N) is 1. The summed E-state index contributed by atoms with van der Waals surface area (Å²) in [4.78, 5) is 2.37. The maximum absolute atomic E-state index is 6.20. The molecule has 1 aromatic rings. The van der Waals surface area contributed by atoms with Gasteiger partial charge in [-0.3, -0.25) is 0 Å². The third kappa shape index (κ3) is 2.82. The van der Waals surface area contributed by atoms with E-state index in [4.69, 9.17) is 17.3 Å². The Morgan fingerprint density at radius 2 is 2.29 bits per heavy atom. The summed E-state index contributed by atoms with van der Waals surface area (Å²) in [5, 5.41) is 0. The van der Waals surface area contributed by atoms with Gasteiger partial charge < -0.3 is 10.6 Å². The molecule has 1 aliphatic rings. The summed E-state index contributed by atoms with van der Waals surface area (Å²) < 4.78 is 0. The van der Waals surface area contributed by atoms with Gasteiger partial charge in [0, 0.05) is 30.4 Å². The van der Waals surface area contributed by atoms with Crippen LogP contribution in [0.25, 0.3) is 0 Å². The molecule has 2 N–H and O–H groups in total. The van der Waals surface area contributed by atoms with Gasteiger partial charge in [0.25, 0.3) is 0 Å². The second-order valence-corrected chi connectivity index (χ2v) is 4.90. The number of fused-ring (bicyclic) bond motifs is 1. The van der Waals surface area contributed by atoms with Crippen molar-refractivity contribution in [2.75, 3.05) is 18.0 Å². The molecule has 1 unspecified atom stereocenters. The molecule has 0 spiro atoms. The molecule has 0 saturated carbocycles. The summed E-state index contributed by atoms with van der Waals surface area (Å²) in [5.41, 5.74) is 11.6. The zero-order valence-electron chi connectivity index (χ0n) is 10.2. The summed E-state index contributed by atoms with van der Waals surface area (Å²) in [6, 6.07) is 8.59. The van der Waals surface area contributed by atoms with Crippen LogP contribution < -0.4 is 10.6 Å². The van der Waals surface area contributed by atoms with E-state index in [2.05, 4.69) is 36.1 Å². The predicted molar refractivity (Wildman–Crippen MR) is 74.4 cm³/mol. The molecule has 1 aromatic carbocycles. The van der Waals surface area contributed by atoms with Crippen LogP contribution in [0.4, 0.5) is 5.69 Å². The van der Waals surface area contributed by atoms with Gasteiger partial charge in [-0.25, -0.2) is 0 Å². The Morgan fingerprint density at radius 1 is 1.53 bits per heavy atom. The highest BCUT2D eigenvalue weighted by Gasteiger charge is 2.19. The minimum Gasteiger partial charge on any atom is -0.367 e. The first-order chi connectivity index (χ1) is 8.22. The molecule has 3 heteroatoms. The number of nitrogens with two attached hydrogens (primary N) is 1. The van der Waals surface area contributed by atoms with Crippen LogP contribution in [-0.4, -0.2) is 13.1 Å². The summed E-state index contributed by atoms with van der Waals surface area (Å²) >= 11 is 5.75. The van der Waals surface area contributed by atoms with Crippen LogP contribution in [-0.2, 0) is 0 Å². The SMILES string of the molecule is C/C(=C/Cl)CN1CCCC(N)c2ccccc21. The van der Waals surface area contributed by atoms with Gasteiger partial charge in [0.2, 0.25) is 0 Å². The van der Waals surface area contributed by atoms with E-state index in [-0.39, 0.29) is 6.04 Å². The van der Waals surface area contributed by atoms with Crippen LogP contribution in [0.5, 0.6) is 0 Å². The van der Waals surface area contributed by atoms with Crippen molar-refractivity contribution < 1.29 is 0 Å². The van der Waals surface area contributed by atoms with Crippen LogP contribution in [0, 0.1) is 0 Å². The minimum absolute atomic E-state index is 0.163. The van der Waals surface area contributed by atoms with Crippen LogP contribution >= 0.6 is 11.6 Å². The van der Waals surface area contributed by atoms with E-state index in [1.165, 1.54) is 16.8 Å². The Labute approximate surface area is 108 Å². The van der Waals surface area contributed by atoms with Crippen LogP contribution in [0.3, 0.4) is 0 Å². The van der Waals surface area contributed by atoms with Crippen molar-refractivity contribution in [2.24, 2.45) is 5.73 Å². The Kier molecular flexibility index (Phi) is 4.08. The molecule has 0 aliphatic carbocycles. The van der Waals surface area contributed by atoms with E-state index in [1.54, 1.807) is 5.54 Å². The van der Waals surface area contributed by atoms with Gasteiger partial charge in [-0.15, -0.1) is 0 Å². The first kappa shape index (κ1) is 12.5. The van der Waals surface area contributed by atoms with Gasteiger partial charge in [-0.05, 0) is 37.0 Å². The molecule has 92 valence electrons. The molecular weight excluding hydrogens is 232 g/mol. The molecule has 1 atom stereocenters. The van der Waals surface area contributed by atoms with Gasteiger partial charge >= 0.3 is 0 Å². The lowest BCUT2D eigenvalue weighted by Crippen LogP contribution is -2.26. The third-order valence-electron chi connectivity index (χ3n) is 3.25. The van der Waals surface area contributed by atoms with Crippen molar-refractivity contribution in [2.45, 2.75) is 25.8 Å². The van der Waals surface area contributed by atoms with E-state index in [0.29, 0.717) is 0 Å². The first-order valence-electron chi connectivity index (χ1n) is 6.07. The van der Waals surface area contributed by atoms with Crippen molar-refractivity contribution in [3.05, 3.63) is 40.9 Å². The van der Waals surface area contributed by atoms with Crippen molar-refractivity contribution in [3.8, 4) is 0 Å². The highest BCUT2D eigenvalue weighted by molar-refractivity contribution is 6.25. The molecule has 2 nitrogen and oxygen atoms in total. The van der Waals surface area contributed by atoms with Crippen LogP contribution in [0.15, 0.2) is 35.4 Å². The largest absolute Gasteiger partial charge is 0.367 e. The van der Waals surface area contributed by atoms with Gasteiger partial charge in [0.05, 0.1) is 0 Å². The number of hydrogen-bond donors (Lipinski definition) is 1. The van der Waals surface area contributed by atoms with E-state index < -0.39 is 0 Å².